The van der Waals surface area contributed by atoms with Gasteiger partial charge in [-0.15, -0.1) is 0 Å². The van der Waals surface area contributed by atoms with Crippen LogP contribution in [0, 0.1) is 13.8 Å². The molecule has 5 heteroatoms. The highest BCUT2D eigenvalue weighted by Gasteiger charge is 2.11. The van der Waals surface area contributed by atoms with E-state index in [0.717, 1.165) is 5.56 Å². The number of benzene rings is 1. The Kier molecular flexibility index (Phi) is 3.12. The molecule has 1 aromatic carbocycles. The van der Waals surface area contributed by atoms with Gasteiger partial charge in [-0.1, -0.05) is 0 Å². The van der Waals surface area contributed by atoms with Gasteiger partial charge in [0.25, 0.3) is 5.56 Å². The number of pyridine rings is 1. The standard InChI is InChI=1S/C14H14N2O3/c1-8-7-12(17)16(14(19)9(8)2)11-5-3-10(4-6-11)13(15)18/h3-7,19H,1-2H3,(H2,15,18). The maximum atomic E-state index is 11.9. The first-order valence-electron chi connectivity index (χ1n) is 5.74. The number of nitrogens with two attached hydrogens (primary N) is 1. The molecule has 1 heterocycles. The van der Waals surface area contributed by atoms with Crippen LogP contribution in [-0.2, 0) is 0 Å². The van der Waals surface area contributed by atoms with Gasteiger partial charge in [-0.05, 0) is 43.7 Å². The molecule has 0 atom stereocenters. The van der Waals surface area contributed by atoms with E-state index in [9.17, 15) is 14.7 Å². The third-order valence-electron chi connectivity index (χ3n) is 3.11. The van der Waals surface area contributed by atoms with Crippen LogP contribution in [-0.4, -0.2) is 15.6 Å². The van der Waals surface area contributed by atoms with E-state index in [2.05, 4.69) is 0 Å². The smallest absolute Gasteiger partial charge is 0.258 e. The van der Waals surface area contributed by atoms with Crippen molar-refractivity contribution >= 4 is 5.91 Å². The molecular formula is C14H14N2O3. The first-order chi connectivity index (χ1) is 8.91. The van der Waals surface area contributed by atoms with Crippen molar-refractivity contribution in [3.63, 3.8) is 0 Å². The van der Waals surface area contributed by atoms with Crippen LogP contribution >= 0.6 is 0 Å². The molecule has 1 aromatic heterocycles. The Morgan fingerprint density at radius 2 is 1.79 bits per heavy atom. The van der Waals surface area contributed by atoms with E-state index in [0.29, 0.717) is 16.8 Å². The molecule has 0 fully saturated rings. The van der Waals surface area contributed by atoms with Crippen molar-refractivity contribution in [1.29, 1.82) is 0 Å². The summed E-state index contributed by atoms with van der Waals surface area (Å²) < 4.78 is 1.19. The highest BCUT2D eigenvalue weighted by atomic mass is 16.3. The topological polar surface area (TPSA) is 85.3 Å². The number of amides is 1. The summed E-state index contributed by atoms with van der Waals surface area (Å²) in [5.41, 5.74) is 7.02. The van der Waals surface area contributed by atoms with Crippen LogP contribution in [0.1, 0.15) is 21.5 Å². The summed E-state index contributed by atoms with van der Waals surface area (Å²) in [7, 11) is 0. The summed E-state index contributed by atoms with van der Waals surface area (Å²) in [4.78, 5) is 22.9. The van der Waals surface area contributed by atoms with Crippen molar-refractivity contribution in [2.24, 2.45) is 5.73 Å². The number of rotatable bonds is 2. The van der Waals surface area contributed by atoms with E-state index in [1.165, 1.54) is 22.8 Å². The lowest BCUT2D eigenvalue weighted by Gasteiger charge is -2.12. The number of aryl methyl sites for hydroxylation is 1. The lowest BCUT2D eigenvalue weighted by atomic mass is 10.1. The third kappa shape index (κ3) is 2.22. The predicted octanol–water partition coefficient (Wildman–Crippen LogP) is 1.26. The van der Waals surface area contributed by atoms with Gasteiger partial charge in [-0.2, -0.15) is 0 Å². The van der Waals surface area contributed by atoms with E-state index in [-0.39, 0.29) is 11.4 Å². The van der Waals surface area contributed by atoms with Gasteiger partial charge in [0.1, 0.15) is 0 Å². The van der Waals surface area contributed by atoms with Crippen LogP contribution in [0.3, 0.4) is 0 Å². The average Bonchev–Trinajstić information content (AvgIpc) is 2.37. The molecule has 0 radical (unpaired) electrons. The Morgan fingerprint density at radius 1 is 1.21 bits per heavy atom. The van der Waals surface area contributed by atoms with Crippen LogP contribution in [0.5, 0.6) is 5.88 Å². The third-order valence-corrected chi connectivity index (χ3v) is 3.11. The monoisotopic (exact) mass is 258 g/mol. The van der Waals surface area contributed by atoms with E-state index < -0.39 is 5.91 Å². The molecule has 0 aliphatic carbocycles. The van der Waals surface area contributed by atoms with Crippen molar-refractivity contribution in [2.45, 2.75) is 13.8 Å². The second-order valence-corrected chi connectivity index (χ2v) is 4.36. The lowest BCUT2D eigenvalue weighted by molar-refractivity contribution is 0.100. The Bertz CT molecular complexity index is 700. The van der Waals surface area contributed by atoms with Gasteiger partial charge in [0.05, 0.1) is 5.69 Å². The Hall–Kier alpha value is -2.56. The van der Waals surface area contributed by atoms with Crippen LogP contribution in [0.4, 0.5) is 0 Å². The summed E-state index contributed by atoms with van der Waals surface area (Å²) in [5, 5.41) is 10.1. The number of hydrogen-bond donors (Lipinski definition) is 2. The summed E-state index contributed by atoms with van der Waals surface area (Å²) in [6.45, 7) is 3.50. The molecule has 0 saturated heterocycles. The van der Waals surface area contributed by atoms with Crippen LogP contribution in [0.2, 0.25) is 0 Å². The maximum Gasteiger partial charge on any atom is 0.258 e. The van der Waals surface area contributed by atoms with Gasteiger partial charge in [0.15, 0.2) is 0 Å². The Balaban J connectivity index is 2.63. The number of carbonyl (C=O) groups excluding carboxylic acids is 1. The van der Waals surface area contributed by atoms with Crippen LogP contribution in [0.15, 0.2) is 35.1 Å². The molecule has 19 heavy (non-hydrogen) atoms. The number of nitrogens with zero attached hydrogens (tertiary/aromatic N) is 1. The zero-order valence-electron chi connectivity index (χ0n) is 10.7. The quantitative estimate of drug-likeness (QED) is 0.850. The molecule has 0 spiro atoms. The minimum Gasteiger partial charge on any atom is -0.494 e. The Labute approximate surface area is 109 Å². The van der Waals surface area contributed by atoms with Crippen LogP contribution in [0.25, 0.3) is 5.69 Å². The molecular weight excluding hydrogens is 244 g/mol. The van der Waals surface area contributed by atoms with Gasteiger partial charge in [0, 0.05) is 17.2 Å². The molecule has 0 saturated carbocycles. The normalized spacial score (nSPS) is 10.4. The first-order valence-corrected chi connectivity index (χ1v) is 5.74. The molecule has 2 rings (SSSR count). The first kappa shape index (κ1) is 12.9. The number of carbonyl (C=O) groups is 1. The van der Waals surface area contributed by atoms with Crippen LogP contribution < -0.4 is 11.3 Å². The molecule has 1 amide bonds. The predicted molar refractivity (Wildman–Crippen MR) is 71.7 cm³/mol. The molecule has 3 N–H and O–H groups in total. The zero-order chi connectivity index (χ0) is 14.2. The minimum atomic E-state index is -0.539. The van der Waals surface area contributed by atoms with E-state index in [1.54, 1.807) is 26.0 Å². The number of aromatic hydroxyl groups is 1. The maximum absolute atomic E-state index is 11.9. The molecule has 0 bridgehead atoms. The average molecular weight is 258 g/mol. The second-order valence-electron chi connectivity index (χ2n) is 4.36. The largest absolute Gasteiger partial charge is 0.494 e. The van der Waals surface area contributed by atoms with Crippen molar-refractivity contribution in [3.05, 3.63) is 57.4 Å². The molecule has 2 aromatic rings. The number of aromatic nitrogens is 1. The van der Waals surface area contributed by atoms with Gasteiger partial charge in [-0.3, -0.25) is 9.59 Å². The Morgan fingerprint density at radius 3 is 2.32 bits per heavy atom. The summed E-state index contributed by atoms with van der Waals surface area (Å²) in [6, 6.07) is 7.61. The molecule has 0 aliphatic heterocycles. The summed E-state index contributed by atoms with van der Waals surface area (Å²) in [6.07, 6.45) is 0. The molecule has 98 valence electrons. The van der Waals surface area contributed by atoms with Crippen molar-refractivity contribution in [3.8, 4) is 11.6 Å². The highest BCUT2D eigenvalue weighted by Crippen LogP contribution is 2.21. The van der Waals surface area contributed by atoms with Gasteiger partial charge < -0.3 is 10.8 Å². The number of primary amides is 1. The number of hydrogen-bond acceptors (Lipinski definition) is 3. The van der Waals surface area contributed by atoms with E-state index >= 15 is 0 Å². The van der Waals surface area contributed by atoms with Crippen molar-refractivity contribution in [2.75, 3.05) is 0 Å². The van der Waals surface area contributed by atoms with E-state index in [1.807, 2.05) is 0 Å². The van der Waals surface area contributed by atoms with Crippen molar-refractivity contribution in [1.82, 2.24) is 4.57 Å². The minimum absolute atomic E-state index is 0.100. The second kappa shape index (κ2) is 4.61. The van der Waals surface area contributed by atoms with Crippen molar-refractivity contribution < 1.29 is 9.90 Å². The van der Waals surface area contributed by atoms with Gasteiger partial charge >= 0.3 is 0 Å². The van der Waals surface area contributed by atoms with Gasteiger partial charge in [0.2, 0.25) is 11.8 Å². The summed E-state index contributed by atoms with van der Waals surface area (Å²) >= 11 is 0. The summed E-state index contributed by atoms with van der Waals surface area (Å²) in [5.74, 6) is -0.639. The molecule has 5 nitrogen and oxygen atoms in total. The van der Waals surface area contributed by atoms with Gasteiger partial charge in [-0.25, -0.2) is 4.57 Å². The fourth-order valence-corrected chi connectivity index (χ4v) is 1.83. The SMILES string of the molecule is Cc1cc(=O)n(-c2ccc(C(N)=O)cc2)c(O)c1C. The fourth-order valence-electron chi connectivity index (χ4n) is 1.83. The fraction of sp³-hybridized carbons (Fsp3) is 0.143. The molecule has 0 aliphatic rings. The molecule has 0 unspecified atom stereocenters. The van der Waals surface area contributed by atoms with E-state index in [4.69, 9.17) is 5.73 Å². The zero-order valence-corrected chi connectivity index (χ0v) is 10.7. The lowest BCUT2D eigenvalue weighted by Crippen LogP contribution is -2.19. The highest BCUT2D eigenvalue weighted by molar-refractivity contribution is 5.92.